The standard InChI is InChI=1S/C10H18N2O3/c1-2-8(6-9(13)14)7-12-5-3-4-11-10(12)15/h8H,2-7H2,1H3,(H,11,15)(H,13,14). The van der Waals surface area contributed by atoms with Crippen LogP contribution in [0.2, 0.25) is 0 Å². The van der Waals surface area contributed by atoms with Crippen molar-refractivity contribution < 1.29 is 14.7 Å². The van der Waals surface area contributed by atoms with Crippen LogP contribution in [-0.2, 0) is 4.79 Å². The van der Waals surface area contributed by atoms with Crippen molar-refractivity contribution in [3.05, 3.63) is 0 Å². The molecule has 5 heteroatoms. The molecule has 1 saturated heterocycles. The minimum absolute atomic E-state index is 0.0614. The van der Waals surface area contributed by atoms with Gasteiger partial charge in [-0.15, -0.1) is 0 Å². The van der Waals surface area contributed by atoms with E-state index in [-0.39, 0.29) is 18.4 Å². The van der Waals surface area contributed by atoms with Gasteiger partial charge in [-0.25, -0.2) is 4.79 Å². The van der Waals surface area contributed by atoms with Gasteiger partial charge in [-0.3, -0.25) is 4.79 Å². The average Bonchev–Trinajstić information content (AvgIpc) is 2.19. The first kappa shape index (κ1) is 11.8. The molecule has 0 aromatic carbocycles. The Labute approximate surface area is 89.4 Å². The number of rotatable bonds is 5. The molecule has 1 fully saturated rings. The Hall–Kier alpha value is -1.26. The van der Waals surface area contributed by atoms with E-state index in [2.05, 4.69) is 5.32 Å². The summed E-state index contributed by atoms with van der Waals surface area (Å²) in [5.74, 6) is -0.731. The number of nitrogens with one attached hydrogen (secondary N) is 1. The van der Waals surface area contributed by atoms with Crippen LogP contribution in [0.25, 0.3) is 0 Å². The fourth-order valence-electron chi connectivity index (χ4n) is 1.75. The van der Waals surface area contributed by atoms with Gasteiger partial charge in [-0.05, 0) is 12.3 Å². The van der Waals surface area contributed by atoms with E-state index in [1.165, 1.54) is 0 Å². The molecule has 1 unspecified atom stereocenters. The third kappa shape index (κ3) is 3.77. The predicted molar refractivity (Wildman–Crippen MR) is 55.6 cm³/mol. The van der Waals surface area contributed by atoms with E-state index < -0.39 is 5.97 Å². The predicted octanol–water partition coefficient (Wildman–Crippen LogP) is 0.903. The highest BCUT2D eigenvalue weighted by Gasteiger charge is 2.21. The van der Waals surface area contributed by atoms with Crippen molar-refractivity contribution in [1.29, 1.82) is 0 Å². The number of aliphatic carboxylic acids is 1. The number of hydrogen-bond donors (Lipinski definition) is 2. The summed E-state index contributed by atoms with van der Waals surface area (Å²) in [5.41, 5.74) is 0. The van der Waals surface area contributed by atoms with Gasteiger partial charge >= 0.3 is 12.0 Å². The molecule has 0 aliphatic carbocycles. The summed E-state index contributed by atoms with van der Waals surface area (Å²) in [6.07, 6.45) is 1.87. The molecule has 15 heavy (non-hydrogen) atoms. The monoisotopic (exact) mass is 214 g/mol. The third-order valence-corrected chi connectivity index (χ3v) is 2.69. The fraction of sp³-hybridized carbons (Fsp3) is 0.800. The average molecular weight is 214 g/mol. The summed E-state index contributed by atoms with van der Waals surface area (Å²) in [6.45, 7) is 3.97. The third-order valence-electron chi connectivity index (χ3n) is 2.69. The molecule has 1 heterocycles. The molecular formula is C10H18N2O3. The van der Waals surface area contributed by atoms with Gasteiger partial charge in [-0.1, -0.05) is 13.3 Å². The number of carboxylic acids is 1. The van der Waals surface area contributed by atoms with Crippen molar-refractivity contribution in [3.63, 3.8) is 0 Å². The first-order chi connectivity index (χ1) is 7.13. The van der Waals surface area contributed by atoms with Crippen molar-refractivity contribution in [3.8, 4) is 0 Å². The van der Waals surface area contributed by atoms with Crippen LogP contribution in [0.3, 0.4) is 0 Å². The highest BCUT2D eigenvalue weighted by molar-refractivity contribution is 5.75. The SMILES string of the molecule is CCC(CC(=O)O)CN1CCCNC1=O. The molecule has 2 amide bonds. The maximum absolute atomic E-state index is 11.4. The topological polar surface area (TPSA) is 69.6 Å². The number of amides is 2. The minimum atomic E-state index is -0.792. The Kier molecular flexibility index (Phi) is 4.39. The number of urea groups is 1. The van der Waals surface area contributed by atoms with Crippen LogP contribution in [-0.4, -0.2) is 41.6 Å². The van der Waals surface area contributed by atoms with Crippen molar-refractivity contribution >= 4 is 12.0 Å². The van der Waals surface area contributed by atoms with E-state index in [4.69, 9.17) is 5.11 Å². The largest absolute Gasteiger partial charge is 0.481 e. The zero-order chi connectivity index (χ0) is 11.3. The molecule has 2 N–H and O–H groups in total. The van der Waals surface area contributed by atoms with Gasteiger partial charge in [-0.2, -0.15) is 0 Å². The molecule has 0 aromatic heterocycles. The summed E-state index contributed by atoms with van der Waals surface area (Å²) in [4.78, 5) is 23.7. The molecule has 1 aliphatic heterocycles. The number of carboxylic acid groups (broad SMARTS) is 1. The lowest BCUT2D eigenvalue weighted by Gasteiger charge is -2.30. The van der Waals surface area contributed by atoms with E-state index in [1.807, 2.05) is 6.92 Å². The van der Waals surface area contributed by atoms with Crippen LogP contribution in [0.15, 0.2) is 0 Å². The summed E-state index contributed by atoms with van der Waals surface area (Å²) >= 11 is 0. The van der Waals surface area contributed by atoms with Crippen LogP contribution in [0.1, 0.15) is 26.2 Å². The number of nitrogens with zero attached hydrogens (tertiary/aromatic N) is 1. The van der Waals surface area contributed by atoms with Gasteiger partial charge in [0.1, 0.15) is 0 Å². The summed E-state index contributed by atoms with van der Waals surface area (Å²) in [6, 6.07) is -0.0647. The lowest BCUT2D eigenvalue weighted by Crippen LogP contribution is -2.48. The Morgan fingerprint density at radius 3 is 2.93 bits per heavy atom. The summed E-state index contributed by atoms with van der Waals surface area (Å²) in [5, 5.41) is 11.4. The Morgan fingerprint density at radius 2 is 2.40 bits per heavy atom. The smallest absolute Gasteiger partial charge is 0.317 e. The quantitative estimate of drug-likeness (QED) is 0.714. The van der Waals surface area contributed by atoms with Crippen LogP contribution in [0, 0.1) is 5.92 Å². The second-order valence-electron chi connectivity index (χ2n) is 3.90. The van der Waals surface area contributed by atoms with E-state index in [9.17, 15) is 9.59 Å². The zero-order valence-corrected chi connectivity index (χ0v) is 9.03. The first-order valence-electron chi connectivity index (χ1n) is 5.38. The fourth-order valence-corrected chi connectivity index (χ4v) is 1.75. The second-order valence-corrected chi connectivity index (χ2v) is 3.90. The van der Waals surface area contributed by atoms with Crippen LogP contribution < -0.4 is 5.32 Å². The molecule has 0 aromatic rings. The van der Waals surface area contributed by atoms with Gasteiger partial charge in [0.15, 0.2) is 0 Å². The van der Waals surface area contributed by atoms with Gasteiger partial charge in [0.25, 0.3) is 0 Å². The van der Waals surface area contributed by atoms with Crippen molar-refractivity contribution in [1.82, 2.24) is 10.2 Å². The number of carbonyl (C=O) groups excluding carboxylic acids is 1. The highest BCUT2D eigenvalue weighted by Crippen LogP contribution is 2.12. The second kappa shape index (κ2) is 5.58. The molecule has 1 rings (SSSR count). The normalized spacial score (nSPS) is 18.5. The number of hydrogen-bond acceptors (Lipinski definition) is 2. The molecule has 0 bridgehead atoms. The maximum atomic E-state index is 11.4. The van der Waals surface area contributed by atoms with Crippen LogP contribution >= 0.6 is 0 Å². The lowest BCUT2D eigenvalue weighted by atomic mass is 10.0. The minimum Gasteiger partial charge on any atom is -0.481 e. The maximum Gasteiger partial charge on any atom is 0.317 e. The van der Waals surface area contributed by atoms with E-state index >= 15 is 0 Å². The van der Waals surface area contributed by atoms with E-state index in [1.54, 1.807) is 4.90 Å². The van der Waals surface area contributed by atoms with E-state index in [0.717, 1.165) is 25.9 Å². The van der Waals surface area contributed by atoms with Gasteiger partial charge in [0, 0.05) is 26.1 Å². The van der Waals surface area contributed by atoms with Crippen LogP contribution in [0.5, 0.6) is 0 Å². The molecule has 0 radical (unpaired) electrons. The van der Waals surface area contributed by atoms with Crippen LogP contribution in [0.4, 0.5) is 4.79 Å². The molecule has 0 saturated carbocycles. The molecule has 1 atom stereocenters. The number of carbonyl (C=O) groups is 2. The van der Waals surface area contributed by atoms with Gasteiger partial charge < -0.3 is 15.3 Å². The lowest BCUT2D eigenvalue weighted by molar-refractivity contribution is -0.138. The Morgan fingerprint density at radius 1 is 1.67 bits per heavy atom. The Balaban J connectivity index is 2.42. The highest BCUT2D eigenvalue weighted by atomic mass is 16.4. The summed E-state index contributed by atoms with van der Waals surface area (Å²) in [7, 11) is 0. The molecule has 86 valence electrons. The van der Waals surface area contributed by atoms with E-state index in [0.29, 0.717) is 6.54 Å². The van der Waals surface area contributed by atoms with Crippen molar-refractivity contribution in [2.24, 2.45) is 5.92 Å². The molecule has 1 aliphatic rings. The zero-order valence-electron chi connectivity index (χ0n) is 9.03. The van der Waals surface area contributed by atoms with Crippen molar-refractivity contribution in [2.45, 2.75) is 26.2 Å². The Bertz CT molecular complexity index is 243. The van der Waals surface area contributed by atoms with Crippen molar-refractivity contribution in [2.75, 3.05) is 19.6 Å². The van der Waals surface area contributed by atoms with Gasteiger partial charge in [0.05, 0.1) is 0 Å². The molecule has 0 spiro atoms. The molecule has 5 nitrogen and oxygen atoms in total. The van der Waals surface area contributed by atoms with Gasteiger partial charge in [0.2, 0.25) is 0 Å². The first-order valence-corrected chi connectivity index (χ1v) is 5.38. The summed E-state index contributed by atoms with van der Waals surface area (Å²) < 4.78 is 0. The molecular weight excluding hydrogens is 196 g/mol.